The molecular weight excluding hydrogens is 298 g/mol. The first-order valence-electron chi connectivity index (χ1n) is 6.89. The molecule has 0 heterocycles. The van der Waals surface area contributed by atoms with Crippen LogP contribution in [0.2, 0.25) is 0 Å². The first-order chi connectivity index (χ1) is 10.3. The molecule has 10 nitrogen and oxygen atoms in total. The average Bonchev–Trinajstić information content (AvgIpc) is 2.41. The van der Waals surface area contributed by atoms with Gasteiger partial charge >= 0.3 is 12.1 Å². The molecule has 0 aromatic rings. The van der Waals surface area contributed by atoms with Crippen LogP contribution < -0.4 is 0 Å². The van der Waals surface area contributed by atoms with Gasteiger partial charge in [0.15, 0.2) is 0 Å². The summed E-state index contributed by atoms with van der Waals surface area (Å²) in [5.41, 5.74) is 0. The second-order valence-corrected chi connectivity index (χ2v) is 4.73. The van der Waals surface area contributed by atoms with Crippen molar-refractivity contribution in [2.75, 3.05) is 20.4 Å². The van der Waals surface area contributed by atoms with E-state index in [2.05, 4.69) is 19.6 Å². The number of hydrogen-bond donors (Lipinski definition) is 1. The molecule has 0 amide bonds. The standard InChI is InChI=1S/C12H23N3O7/c1-10(2)22-12(18)20-9-21-13-15(19)14(3)8-6-4-5-7-11(16)17/h10H,4-9H2,1-3H3,(H,16,17). The number of carboxylic acid groups (broad SMARTS) is 1. The highest BCUT2D eigenvalue weighted by molar-refractivity contribution is 5.66. The SMILES string of the molecule is CC(C)OC(=O)OCON=[N+]([O-])N(C)CCCCCC(=O)O. The number of ether oxygens (including phenoxy) is 2. The van der Waals surface area contributed by atoms with E-state index >= 15 is 0 Å². The van der Waals surface area contributed by atoms with Crippen molar-refractivity contribution in [3.05, 3.63) is 5.21 Å². The number of carbonyl (C=O) groups is 2. The Bertz CT molecular complexity index is 374. The average molecular weight is 321 g/mol. The lowest BCUT2D eigenvalue weighted by molar-refractivity contribution is -0.706. The van der Waals surface area contributed by atoms with Gasteiger partial charge in [0, 0.05) is 6.42 Å². The van der Waals surface area contributed by atoms with Crippen LogP contribution in [0.5, 0.6) is 0 Å². The molecule has 22 heavy (non-hydrogen) atoms. The Kier molecular flexibility index (Phi) is 10.2. The molecule has 0 bridgehead atoms. The second kappa shape index (κ2) is 11.4. The lowest BCUT2D eigenvalue weighted by atomic mass is 10.2. The summed E-state index contributed by atoms with van der Waals surface area (Å²) in [7, 11) is 1.50. The Morgan fingerprint density at radius 2 is 2.00 bits per heavy atom. The molecule has 0 radical (unpaired) electrons. The van der Waals surface area contributed by atoms with Gasteiger partial charge in [-0.15, -0.1) is 5.01 Å². The van der Waals surface area contributed by atoms with Crippen molar-refractivity contribution >= 4 is 12.1 Å². The summed E-state index contributed by atoms with van der Waals surface area (Å²) >= 11 is 0. The molecule has 0 saturated heterocycles. The van der Waals surface area contributed by atoms with Gasteiger partial charge in [0.2, 0.25) is 5.28 Å². The minimum absolute atomic E-state index is 0.113. The number of aliphatic carboxylic acids is 1. The van der Waals surface area contributed by atoms with Crippen molar-refractivity contribution in [2.24, 2.45) is 5.28 Å². The predicted octanol–water partition coefficient (Wildman–Crippen LogP) is 1.89. The second-order valence-electron chi connectivity index (χ2n) is 4.73. The highest BCUT2D eigenvalue weighted by Gasteiger charge is 2.09. The summed E-state index contributed by atoms with van der Waals surface area (Å²) in [6.45, 7) is 3.19. The zero-order valence-corrected chi connectivity index (χ0v) is 13.1. The number of hydrogen-bond acceptors (Lipinski definition) is 7. The molecule has 0 rings (SSSR count). The lowest BCUT2D eigenvalue weighted by Crippen LogP contribution is -2.27. The van der Waals surface area contributed by atoms with Crippen LogP contribution in [0.15, 0.2) is 5.28 Å². The van der Waals surface area contributed by atoms with Crippen molar-refractivity contribution in [1.29, 1.82) is 0 Å². The van der Waals surface area contributed by atoms with Crippen molar-refractivity contribution in [1.82, 2.24) is 5.01 Å². The van der Waals surface area contributed by atoms with Crippen LogP contribution in [0, 0.1) is 5.21 Å². The normalized spacial score (nSPS) is 11.2. The molecule has 0 aromatic heterocycles. The maximum absolute atomic E-state index is 11.4. The fourth-order valence-corrected chi connectivity index (χ4v) is 1.32. The molecule has 0 unspecified atom stereocenters. The maximum Gasteiger partial charge on any atom is 0.511 e. The zero-order chi connectivity index (χ0) is 17.0. The van der Waals surface area contributed by atoms with Gasteiger partial charge in [0.25, 0.3) is 6.79 Å². The Balaban J connectivity index is 3.76. The van der Waals surface area contributed by atoms with Crippen molar-refractivity contribution in [3.8, 4) is 0 Å². The number of carbonyl (C=O) groups excluding carboxylic acids is 1. The van der Waals surface area contributed by atoms with E-state index < -0.39 is 18.9 Å². The predicted molar refractivity (Wildman–Crippen MR) is 73.4 cm³/mol. The first-order valence-corrected chi connectivity index (χ1v) is 6.89. The molecule has 0 aliphatic carbocycles. The minimum atomic E-state index is -0.908. The molecule has 1 N–H and O–H groups in total. The van der Waals surface area contributed by atoms with E-state index in [0.717, 1.165) is 0 Å². The first kappa shape index (κ1) is 19.7. The lowest BCUT2D eigenvalue weighted by Gasteiger charge is -2.12. The highest BCUT2D eigenvalue weighted by atomic mass is 16.8. The molecule has 0 spiro atoms. The summed E-state index contributed by atoms with van der Waals surface area (Å²) in [4.78, 5) is 26.0. The van der Waals surface area contributed by atoms with Gasteiger partial charge in [-0.1, -0.05) is 6.42 Å². The van der Waals surface area contributed by atoms with Gasteiger partial charge in [0.1, 0.15) is 0 Å². The number of carboxylic acids is 1. The molecular formula is C12H23N3O7. The quantitative estimate of drug-likeness (QED) is 0.153. The van der Waals surface area contributed by atoms with E-state index in [4.69, 9.17) is 5.11 Å². The third kappa shape index (κ3) is 11.6. The number of rotatable bonds is 11. The number of unbranched alkanes of at least 4 members (excludes halogenated alkanes) is 2. The number of nitrogens with zero attached hydrogens (tertiary/aromatic N) is 3. The van der Waals surface area contributed by atoms with Crippen LogP contribution in [-0.2, 0) is 19.1 Å². The van der Waals surface area contributed by atoms with E-state index in [0.29, 0.717) is 25.8 Å². The maximum atomic E-state index is 11.4. The van der Waals surface area contributed by atoms with Gasteiger partial charge in [-0.2, -0.15) is 0 Å². The Labute approximate surface area is 128 Å². The molecule has 0 aromatic carbocycles. The van der Waals surface area contributed by atoms with E-state index in [-0.39, 0.29) is 17.5 Å². The van der Waals surface area contributed by atoms with Crippen LogP contribution in [0.1, 0.15) is 39.5 Å². The van der Waals surface area contributed by atoms with E-state index in [1.807, 2.05) is 0 Å². The van der Waals surface area contributed by atoms with Crippen LogP contribution >= 0.6 is 0 Å². The summed E-state index contributed by atoms with van der Waals surface area (Å²) in [6, 6.07) is 0. The van der Waals surface area contributed by atoms with Crippen molar-refractivity contribution < 1.29 is 34.0 Å². The highest BCUT2D eigenvalue weighted by Crippen LogP contribution is 2.01. The molecule has 0 aliphatic heterocycles. The Morgan fingerprint density at radius 1 is 1.32 bits per heavy atom. The van der Waals surface area contributed by atoms with Gasteiger partial charge in [-0.05, 0) is 26.7 Å². The summed E-state index contributed by atoms with van der Waals surface area (Å²) in [6.07, 6.45) is 0.788. The summed E-state index contributed by atoms with van der Waals surface area (Å²) in [5.74, 6) is -0.835. The van der Waals surface area contributed by atoms with Crippen molar-refractivity contribution in [2.45, 2.75) is 45.6 Å². The smallest absolute Gasteiger partial charge is 0.511 e. The van der Waals surface area contributed by atoms with Crippen LogP contribution in [0.3, 0.4) is 0 Å². The van der Waals surface area contributed by atoms with E-state index in [1.54, 1.807) is 13.8 Å². The van der Waals surface area contributed by atoms with Gasteiger partial charge in [-0.25, -0.2) is 4.79 Å². The van der Waals surface area contributed by atoms with Crippen LogP contribution in [0.4, 0.5) is 4.79 Å². The van der Waals surface area contributed by atoms with Gasteiger partial charge < -0.3 is 24.6 Å². The Morgan fingerprint density at radius 3 is 2.59 bits per heavy atom. The topological polar surface area (TPSA) is 124 Å². The van der Waals surface area contributed by atoms with Crippen molar-refractivity contribution in [3.63, 3.8) is 0 Å². The monoisotopic (exact) mass is 321 g/mol. The van der Waals surface area contributed by atoms with Gasteiger partial charge in [0.05, 0.1) is 24.7 Å². The van der Waals surface area contributed by atoms with E-state index in [1.165, 1.54) is 12.1 Å². The van der Waals surface area contributed by atoms with Crippen LogP contribution in [-0.4, -0.2) is 53.7 Å². The Hall–Kier alpha value is -2.26. The largest absolute Gasteiger partial charge is 0.569 e. The third-order valence-corrected chi connectivity index (χ3v) is 2.35. The zero-order valence-electron chi connectivity index (χ0n) is 13.1. The molecule has 10 heteroatoms. The summed E-state index contributed by atoms with van der Waals surface area (Å²) in [5, 5.41) is 24.3. The molecule has 0 atom stereocenters. The molecule has 0 fully saturated rings. The fraction of sp³-hybridized carbons (Fsp3) is 0.833. The van der Waals surface area contributed by atoms with Gasteiger partial charge in [-0.3, -0.25) is 4.79 Å². The third-order valence-electron chi connectivity index (χ3n) is 2.35. The number of hydrazine groups is 1. The fourth-order valence-electron chi connectivity index (χ4n) is 1.32. The van der Waals surface area contributed by atoms with E-state index in [9.17, 15) is 14.8 Å². The minimum Gasteiger partial charge on any atom is -0.569 e. The molecule has 128 valence electrons. The summed E-state index contributed by atoms with van der Waals surface area (Å²) < 4.78 is 9.17. The molecule has 0 aliphatic rings. The van der Waals surface area contributed by atoms with Crippen LogP contribution in [0.25, 0.3) is 0 Å². The molecule has 0 saturated carbocycles.